The minimum absolute atomic E-state index is 0.160. The van der Waals surface area contributed by atoms with Gasteiger partial charge in [0.1, 0.15) is 0 Å². The van der Waals surface area contributed by atoms with Gasteiger partial charge < -0.3 is 9.84 Å². The number of allylic oxidation sites excluding steroid dienone is 1. The molecule has 9 nitrogen and oxygen atoms in total. The van der Waals surface area contributed by atoms with Crippen molar-refractivity contribution < 1.29 is 19.6 Å². The molecule has 1 aliphatic heterocycles. The van der Waals surface area contributed by atoms with Crippen molar-refractivity contribution >= 4 is 40.7 Å². The van der Waals surface area contributed by atoms with Crippen LogP contribution in [0.4, 0.5) is 5.69 Å². The van der Waals surface area contributed by atoms with E-state index in [0.29, 0.717) is 26.6 Å². The van der Waals surface area contributed by atoms with Crippen molar-refractivity contribution in [3.63, 3.8) is 0 Å². The fourth-order valence-corrected chi connectivity index (χ4v) is 4.85. The summed E-state index contributed by atoms with van der Waals surface area (Å²) in [5.74, 6) is -1.05. The third kappa shape index (κ3) is 4.25. The SMILES string of the molecule is CCOC(=O)C1=C(C)N=c2s/c(=C\c3ccc(O)c([N+](=O)[O-])c3)c(=O)n2[C@H]1c1ccc(Cl)cc1. The van der Waals surface area contributed by atoms with E-state index in [9.17, 15) is 24.8 Å². The van der Waals surface area contributed by atoms with E-state index in [1.54, 1.807) is 38.1 Å². The van der Waals surface area contributed by atoms with E-state index in [4.69, 9.17) is 16.3 Å². The van der Waals surface area contributed by atoms with Crippen LogP contribution in [0.5, 0.6) is 5.75 Å². The molecule has 1 atom stereocenters. The topological polar surface area (TPSA) is 124 Å². The second kappa shape index (κ2) is 9.24. The van der Waals surface area contributed by atoms with Gasteiger partial charge in [-0.05, 0) is 49.2 Å². The quantitative estimate of drug-likeness (QED) is 0.327. The molecule has 2 aromatic carbocycles. The molecule has 11 heteroatoms. The van der Waals surface area contributed by atoms with Crippen molar-refractivity contribution in [3.05, 3.63) is 99.7 Å². The molecule has 0 radical (unpaired) electrons. The number of aromatic hydroxyl groups is 1. The molecule has 0 amide bonds. The first-order valence-electron chi connectivity index (χ1n) is 10.1. The first-order chi connectivity index (χ1) is 16.2. The fraction of sp³-hybridized carbons (Fsp3) is 0.174. The van der Waals surface area contributed by atoms with Gasteiger partial charge in [0, 0.05) is 11.1 Å². The van der Waals surface area contributed by atoms with Gasteiger partial charge in [0.2, 0.25) is 0 Å². The summed E-state index contributed by atoms with van der Waals surface area (Å²) in [7, 11) is 0. The minimum atomic E-state index is -0.788. The number of nitro benzene ring substituents is 1. The van der Waals surface area contributed by atoms with Crippen LogP contribution in [0.2, 0.25) is 5.02 Å². The van der Waals surface area contributed by atoms with Gasteiger partial charge in [0.15, 0.2) is 10.6 Å². The Kier molecular flexibility index (Phi) is 6.36. The largest absolute Gasteiger partial charge is 0.502 e. The predicted molar refractivity (Wildman–Crippen MR) is 127 cm³/mol. The Hall–Kier alpha value is -3.76. The molecule has 174 valence electrons. The molecular weight excluding hydrogens is 482 g/mol. The number of thiazole rings is 1. The van der Waals surface area contributed by atoms with Gasteiger partial charge in [-0.2, -0.15) is 0 Å². The number of esters is 1. The standard InChI is InChI=1S/C23H18ClN3O6S/c1-3-33-22(30)19-12(2)25-23-26(20(19)14-5-7-15(24)8-6-14)21(29)18(34-23)11-13-4-9-17(28)16(10-13)27(31)32/h4-11,20,28H,3H2,1-2H3/b18-11-/t20-/m0/s1. The highest BCUT2D eigenvalue weighted by Gasteiger charge is 2.33. The monoisotopic (exact) mass is 499 g/mol. The molecule has 1 aromatic heterocycles. The van der Waals surface area contributed by atoms with E-state index in [-0.39, 0.29) is 16.7 Å². The number of benzene rings is 2. The Morgan fingerprint density at radius 2 is 2.03 bits per heavy atom. The summed E-state index contributed by atoms with van der Waals surface area (Å²) in [6.07, 6.45) is 1.48. The van der Waals surface area contributed by atoms with Crippen molar-refractivity contribution in [2.75, 3.05) is 6.61 Å². The Morgan fingerprint density at radius 3 is 2.68 bits per heavy atom. The highest BCUT2D eigenvalue weighted by molar-refractivity contribution is 7.07. The Bertz CT molecular complexity index is 1520. The average molecular weight is 500 g/mol. The molecule has 0 saturated heterocycles. The summed E-state index contributed by atoms with van der Waals surface area (Å²) < 4.78 is 6.91. The molecule has 1 aliphatic rings. The Balaban J connectivity index is 1.94. The number of carbonyl (C=O) groups is 1. The zero-order valence-corrected chi connectivity index (χ0v) is 19.6. The molecular formula is C23H18ClN3O6S. The molecule has 34 heavy (non-hydrogen) atoms. The number of halogens is 1. The van der Waals surface area contributed by atoms with Gasteiger partial charge in [-0.25, -0.2) is 9.79 Å². The van der Waals surface area contributed by atoms with E-state index >= 15 is 0 Å². The number of nitro groups is 1. The van der Waals surface area contributed by atoms with Gasteiger partial charge in [-0.3, -0.25) is 19.5 Å². The molecule has 0 unspecified atom stereocenters. The number of ether oxygens (including phenoxy) is 1. The van der Waals surface area contributed by atoms with Gasteiger partial charge in [0.05, 0.1) is 33.4 Å². The maximum Gasteiger partial charge on any atom is 0.338 e. The van der Waals surface area contributed by atoms with Crippen LogP contribution in [0.3, 0.4) is 0 Å². The fourth-order valence-electron chi connectivity index (χ4n) is 3.68. The number of phenolic OH excluding ortho intramolecular Hbond substituents is 1. The van der Waals surface area contributed by atoms with E-state index < -0.39 is 33.9 Å². The summed E-state index contributed by atoms with van der Waals surface area (Å²) in [6.45, 7) is 3.53. The lowest BCUT2D eigenvalue weighted by atomic mass is 9.96. The normalized spacial score (nSPS) is 15.6. The van der Waals surface area contributed by atoms with Gasteiger partial charge in [0.25, 0.3) is 5.56 Å². The van der Waals surface area contributed by atoms with E-state index in [0.717, 1.165) is 11.3 Å². The number of phenols is 1. The summed E-state index contributed by atoms with van der Waals surface area (Å²) >= 11 is 7.13. The second-order valence-corrected chi connectivity index (χ2v) is 8.80. The van der Waals surface area contributed by atoms with Crippen LogP contribution in [0.1, 0.15) is 31.0 Å². The lowest BCUT2D eigenvalue weighted by Gasteiger charge is -2.24. The van der Waals surface area contributed by atoms with Gasteiger partial charge in [-0.15, -0.1) is 0 Å². The molecule has 2 heterocycles. The van der Waals surface area contributed by atoms with E-state index in [1.807, 2.05) is 0 Å². The van der Waals surface area contributed by atoms with Crippen LogP contribution in [0, 0.1) is 10.1 Å². The third-order valence-electron chi connectivity index (χ3n) is 5.20. The predicted octanol–water partition coefficient (Wildman–Crippen LogP) is 3.07. The maximum absolute atomic E-state index is 13.5. The number of carbonyl (C=O) groups excluding carboxylic acids is 1. The Labute approximate surface area is 201 Å². The van der Waals surface area contributed by atoms with Gasteiger partial charge in [-0.1, -0.05) is 41.1 Å². The number of nitrogens with zero attached hydrogens (tertiary/aromatic N) is 3. The number of aromatic nitrogens is 1. The second-order valence-electron chi connectivity index (χ2n) is 7.36. The summed E-state index contributed by atoms with van der Waals surface area (Å²) in [6, 6.07) is 9.84. The van der Waals surface area contributed by atoms with Crippen molar-refractivity contribution in [2.45, 2.75) is 19.9 Å². The molecule has 0 fully saturated rings. The highest BCUT2D eigenvalue weighted by Crippen LogP contribution is 2.31. The van der Waals surface area contributed by atoms with Crippen molar-refractivity contribution in [1.82, 2.24) is 4.57 Å². The maximum atomic E-state index is 13.5. The molecule has 0 aliphatic carbocycles. The van der Waals surface area contributed by atoms with Crippen LogP contribution in [-0.4, -0.2) is 27.2 Å². The molecule has 1 N–H and O–H groups in total. The van der Waals surface area contributed by atoms with Crippen molar-refractivity contribution in [2.24, 2.45) is 4.99 Å². The summed E-state index contributed by atoms with van der Waals surface area (Å²) in [4.78, 5) is 41.6. The van der Waals surface area contributed by atoms with Crippen LogP contribution in [0.25, 0.3) is 6.08 Å². The van der Waals surface area contributed by atoms with Crippen molar-refractivity contribution in [3.8, 4) is 5.75 Å². The number of hydrogen-bond acceptors (Lipinski definition) is 8. The molecule has 0 saturated carbocycles. The van der Waals surface area contributed by atoms with Crippen LogP contribution >= 0.6 is 22.9 Å². The lowest BCUT2D eigenvalue weighted by molar-refractivity contribution is -0.385. The number of hydrogen-bond donors (Lipinski definition) is 1. The third-order valence-corrected chi connectivity index (χ3v) is 6.43. The zero-order valence-electron chi connectivity index (χ0n) is 18.0. The smallest absolute Gasteiger partial charge is 0.338 e. The van der Waals surface area contributed by atoms with Gasteiger partial charge >= 0.3 is 11.7 Å². The molecule has 3 aromatic rings. The average Bonchev–Trinajstić information content (AvgIpc) is 3.09. The first-order valence-corrected chi connectivity index (χ1v) is 11.3. The number of fused-ring (bicyclic) bond motifs is 1. The Morgan fingerprint density at radius 1 is 1.32 bits per heavy atom. The number of rotatable bonds is 5. The van der Waals surface area contributed by atoms with Crippen LogP contribution < -0.4 is 14.9 Å². The van der Waals surface area contributed by atoms with E-state index in [2.05, 4.69) is 4.99 Å². The highest BCUT2D eigenvalue weighted by atomic mass is 35.5. The molecule has 0 bridgehead atoms. The first kappa shape index (κ1) is 23.4. The lowest BCUT2D eigenvalue weighted by Crippen LogP contribution is -2.39. The zero-order chi connectivity index (χ0) is 24.6. The summed E-state index contributed by atoms with van der Waals surface area (Å²) in [5, 5.41) is 21.4. The van der Waals surface area contributed by atoms with Crippen LogP contribution in [0.15, 0.2) is 63.5 Å². The van der Waals surface area contributed by atoms with Crippen LogP contribution in [-0.2, 0) is 9.53 Å². The minimum Gasteiger partial charge on any atom is -0.502 e. The van der Waals surface area contributed by atoms with Crippen molar-refractivity contribution in [1.29, 1.82) is 0 Å². The molecule has 0 spiro atoms. The molecule has 4 rings (SSSR count). The van der Waals surface area contributed by atoms with E-state index in [1.165, 1.54) is 28.8 Å². The summed E-state index contributed by atoms with van der Waals surface area (Å²) in [5.41, 5.74) is 0.776.